The Morgan fingerprint density at radius 2 is 2.18 bits per heavy atom. The minimum Gasteiger partial charge on any atom is -0.378 e. The van der Waals surface area contributed by atoms with Gasteiger partial charge in [-0.3, -0.25) is 0 Å². The smallest absolute Gasteiger partial charge is 0.0590 e. The molecule has 2 nitrogen and oxygen atoms in total. The first kappa shape index (κ1) is 13.1. The molecule has 94 valence electrons. The molecule has 0 amide bonds. The Kier molecular flexibility index (Phi) is 5.01. The number of hydrogen-bond donors (Lipinski definition) is 1. The lowest BCUT2D eigenvalue weighted by molar-refractivity contribution is 0.00746. The summed E-state index contributed by atoms with van der Waals surface area (Å²) < 4.78 is 6.88. The summed E-state index contributed by atoms with van der Waals surface area (Å²) in [6.45, 7) is 0.909. The predicted octanol–water partition coefficient (Wildman–Crippen LogP) is 3.28. The highest BCUT2D eigenvalue weighted by Crippen LogP contribution is 2.21. The van der Waals surface area contributed by atoms with E-state index in [4.69, 9.17) is 10.5 Å². The number of hydrogen-bond acceptors (Lipinski definition) is 2. The van der Waals surface area contributed by atoms with Crippen LogP contribution in [0.4, 0.5) is 0 Å². The van der Waals surface area contributed by atoms with E-state index in [9.17, 15) is 0 Å². The molecule has 2 unspecified atom stereocenters. The molecule has 1 saturated heterocycles. The highest BCUT2D eigenvalue weighted by Gasteiger charge is 2.17. The number of halogens is 1. The Morgan fingerprint density at radius 1 is 1.35 bits per heavy atom. The molecule has 1 aromatic rings. The van der Waals surface area contributed by atoms with Gasteiger partial charge in [-0.05, 0) is 43.7 Å². The monoisotopic (exact) mass is 297 g/mol. The average molecular weight is 298 g/mol. The fourth-order valence-electron chi connectivity index (χ4n) is 2.36. The van der Waals surface area contributed by atoms with Gasteiger partial charge in [-0.15, -0.1) is 0 Å². The van der Waals surface area contributed by atoms with E-state index in [1.807, 2.05) is 6.07 Å². The van der Waals surface area contributed by atoms with Gasteiger partial charge < -0.3 is 10.5 Å². The van der Waals surface area contributed by atoms with Gasteiger partial charge in [-0.1, -0.05) is 34.1 Å². The first-order valence-corrected chi connectivity index (χ1v) is 7.15. The van der Waals surface area contributed by atoms with Gasteiger partial charge in [0.05, 0.1) is 6.10 Å². The summed E-state index contributed by atoms with van der Waals surface area (Å²) in [5.41, 5.74) is 7.49. The van der Waals surface area contributed by atoms with Crippen molar-refractivity contribution in [3.05, 3.63) is 34.3 Å². The molecule has 0 spiro atoms. The molecule has 0 aliphatic carbocycles. The fourth-order valence-corrected chi connectivity index (χ4v) is 2.81. The maximum atomic E-state index is 6.20. The molecule has 0 saturated carbocycles. The van der Waals surface area contributed by atoms with Gasteiger partial charge in [0.2, 0.25) is 0 Å². The molecule has 1 aliphatic heterocycles. The van der Waals surface area contributed by atoms with Gasteiger partial charge in [0, 0.05) is 17.1 Å². The van der Waals surface area contributed by atoms with E-state index >= 15 is 0 Å². The van der Waals surface area contributed by atoms with Gasteiger partial charge in [-0.25, -0.2) is 0 Å². The molecular weight excluding hydrogens is 278 g/mol. The van der Waals surface area contributed by atoms with Crippen LogP contribution < -0.4 is 5.73 Å². The van der Waals surface area contributed by atoms with E-state index in [1.165, 1.54) is 24.8 Å². The molecule has 1 fully saturated rings. The van der Waals surface area contributed by atoms with Crippen molar-refractivity contribution in [2.24, 2.45) is 5.73 Å². The van der Waals surface area contributed by atoms with Crippen molar-refractivity contribution in [2.45, 2.75) is 44.2 Å². The van der Waals surface area contributed by atoms with Crippen molar-refractivity contribution >= 4 is 15.9 Å². The van der Waals surface area contributed by atoms with Gasteiger partial charge in [0.25, 0.3) is 0 Å². The number of benzene rings is 1. The lowest BCUT2D eigenvalue weighted by Gasteiger charge is -2.25. The van der Waals surface area contributed by atoms with E-state index < -0.39 is 0 Å². The molecule has 1 heterocycles. The van der Waals surface area contributed by atoms with Crippen molar-refractivity contribution in [3.63, 3.8) is 0 Å². The molecule has 1 aliphatic rings. The van der Waals surface area contributed by atoms with Gasteiger partial charge in [0.1, 0.15) is 0 Å². The van der Waals surface area contributed by atoms with Crippen molar-refractivity contribution in [1.82, 2.24) is 0 Å². The number of rotatable bonds is 4. The van der Waals surface area contributed by atoms with Crippen LogP contribution in [0.1, 0.15) is 31.2 Å². The van der Waals surface area contributed by atoms with Crippen molar-refractivity contribution in [2.75, 3.05) is 6.61 Å². The second-order valence-corrected chi connectivity index (χ2v) is 5.63. The van der Waals surface area contributed by atoms with E-state index in [2.05, 4.69) is 34.1 Å². The van der Waals surface area contributed by atoms with E-state index in [0.29, 0.717) is 6.10 Å². The van der Waals surface area contributed by atoms with E-state index in [0.717, 1.165) is 23.9 Å². The Bertz CT molecular complexity index is 350. The third-order valence-electron chi connectivity index (χ3n) is 3.28. The highest BCUT2D eigenvalue weighted by molar-refractivity contribution is 9.10. The zero-order valence-electron chi connectivity index (χ0n) is 10.1. The number of ether oxygens (including phenoxy) is 1. The van der Waals surface area contributed by atoms with Gasteiger partial charge >= 0.3 is 0 Å². The maximum Gasteiger partial charge on any atom is 0.0590 e. The predicted molar refractivity (Wildman–Crippen MR) is 74.0 cm³/mol. The number of nitrogens with two attached hydrogens (primary N) is 1. The summed E-state index contributed by atoms with van der Waals surface area (Å²) in [6, 6.07) is 8.48. The Labute approximate surface area is 112 Å². The summed E-state index contributed by atoms with van der Waals surface area (Å²) in [5, 5.41) is 0. The van der Waals surface area contributed by atoms with Crippen LogP contribution in [0.2, 0.25) is 0 Å². The minimum absolute atomic E-state index is 0.191. The second-order valence-electron chi connectivity index (χ2n) is 4.78. The van der Waals surface area contributed by atoms with Crippen molar-refractivity contribution in [1.29, 1.82) is 0 Å². The lowest BCUT2D eigenvalue weighted by atomic mass is 9.97. The van der Waals surface area contributed by atoms with Gasteiger partial charge in [-0.2, -0.15) is 0 Å². The molecule has 1 aromatic carbocycles. The van der Waals surface area contributed by atoms with Crippen LogP contribution in [0.3, 0.4) is 0 Å². The SMILES string of the molecule is NC(Cc1ccccc1Br)CC1CCCCO1. The molecule has 0 aromatic heterocycles. The minimum atomic E-state index is 0.191. The maximum absolute atomic E-state index is 6.20. The molecule has 17 heavy (non-hydrogen) atoms. The molecule has 2 atom stereocenters. The molecule has 2 rings (SSSR count). The van der Waals surface area contributed by atoms with Crippen LogP contribution in [0.5, 0.6) is 0 Å². The van der Waals surface area contributed by atoms with E-state index in [-0.39, 0.29) is 6.04 Å². The third-order valence-corrected chi connectivity index (χ3v) is 4.05. The summed E-state index contributed by atoms with van der Waals surface area (Å²) in [7, 11) is 0. The quantitative estimate of drug-likeness (QED) is 0.926. The first-order valence-electron chi connectivity index (χ1n) is 6.36. The highest BCUT2D eigenvalue weighted by atomic mass is 79.9. The van der Waals surface area contributed by atoms with Gasteiger partial charge in [0.15, 0.2) is 0 Å². The van der Waals surface area contributed by atoms with Crippen LogP contribution in [0.15, 0.2) is 28.7 Å². The zero-order valence-corrected chi connectivity index (χ0v) is 11.7. The molecule has 0 radical (unpaired) electrons. The lowest BCUT2D eigenvalue weighted by Crippen LogP contribution is -2.31. The topological polar surface area (TPSA) is 35.2 Å². The van der Waals surface area contributed by atoms with Crippen molar-refractivity contribution < 1.29 is 4.74 Å². The van der Waals surface area contributed by atoms with Crippen LogP contribution in [0, 0.1) is 0 Å². The molecule has 0 bridgehead atoms. The zero-order chi connectivity index (χ0) is 12.1. The Hall–Kier alpha value is -0.380. The molecule has 3 heteroatoms. The first-order chi connectivity index (χ1) is 8.25. The van der Waals surface area contributed by atoms with E-state index in [1.54, 1.807) is 0 Å². The fraction of sp³-hybridized carbons (Fsp3) is 0.571. The largest absolute Gasteiger partial charge is 0.378 e. The second kappa shape index (κ2) is 6.53. The Morgan fingerprint density at radius 3 is 2.88 bits per heavy atom. The average Bonchev–Trinajstić information content (AvgIpc) is 2.33. The van der Waals surface area contributed by atoms with Crippen LogP contribution in [0.25, 0.3) is 0 Å². The molecule has 2 N–H and O–H groups in total. The molecular formula is C14H20BrNO. The Balaban J connectivity index is 1.84. The van der Waals surface area contributed by atoms with Crippen LogP contribution in [-0.4, -0.2) is 18.8 Å². The van der Waals surface area contributed by atoms with Crippen LogP contribution >= 0.6 is 15.9 Å². The summed E-state index contributed by atoms with van der Waals surface area (Å²) in [4.78, 5) is 0. The normalized spacial score (nSPS) is 22.4. The van der Waals surface area contributed by atoms with Crippen molar-refractivity contribution in [3.8, 4) is 0 Å². The summed E-state index contributed by atoms with van der Waals surface area (Å²) >= 11 is 3.56. The standard InChI is InChI=1S/C14H20BrNO/c15-14-7-2-1-5-11(14)9-12(16)10-13-6-3-4-8-17-13/h1-2,5,7,12-13H,3-4,6,8-10,16H2. The third kappa shape index (κ3) is 4.09. The summed E-state index contributed by atoms with van der Waals surface area (Å²) in [5.74, 6) is 0. The van der Waals surface area contributed by atoms with Crippen LogP contribution in [-0.2, 0) is 11.2 Å². The summed E-state index contributed by atoms with van der Waals surface area (Å²) in [6.07, 6.45) is 5.93.